The van der Waals surface area contributed by atoms with Crippen LogP contribution < -0.4 is 0 Å². The molecular formula is C12H14O3. The highest BCUT2D eigenvalue weighted by Crippen LogP contribution is 2.16. The summed E-state index contributed by atoms with van der Waals surface area (Å²) < 4.78 is 0. The lowest BCUT2D eigenvalue weighted by atomic mass is 9.93. The second kappa shape index (κ2) is 4.73. The van der Waals surface area contributed by atoms with Crippen LogP contribution in [-0.2, 0) is 4.79 Å². The van der Waals surface area contributed by atoms with Crippen molar-refractivity contribution in [1.82, 2.24) is 0 Å². The molecule has 1 rings (SSSR count). The van der Waals surface area contributed by atoms with Gasteiger partial charge in [0.15, 0.2) is 5.78 Å². The van der Waals surface area contributed by atoms with Gasteiger partial charge in [0.2, 0.25) is 0 Å². The summed E-state index contributed by atoms with van der Waals surface area (Å²) in [6, 6.07) is 7.05. The van der Waals surface area contributed by atoms with Gasteiger partial charge in [-0.3, -0.25) is 9.59 Å². The predicted molar refractivity (Wildman–Crippen MR) is 56.9 cm³/mol. The van der Waals surface area contributed by atoms with E-state index in [9.17, 15) is 9.59 Å². The third-order valence-corrected chi connectivity index (χ3v) is 2.43. The molecule has 0 aliphatic rings. The number of hydrogen-bond acceptors (Lipinski definition) is 2. The predicted octanol–water partition coefficient (Wildman–Crippen LogP) is 2.29. The third kappa shape index (κ3) is 2.43. The van der Waals surface area contributed by atoms with E-state index in [2.05, 4.69) is 0 Å². The molecule has 1 N–H and O–H groups in total. The lowest BCUT2D eigenvalue weighted by Gasteiger charge is -2.10. The van der Waals surface area contributed by atoms with Crippen molar-refractivity contribution >= 4 is 11.8 Å². The SMILES string of the molecule is CCC(C(=O)O)C(=O)c1ccccc1C. The van der Waals surface area contributed by atoms with Crippen molar-refractivity contribution in [3.05, 3.63) is 35.4 Å². The monoisotopic (exact) mass is 206 g/mol. The summed E-state index contributed by atoms with van der Waals surface area (Å²) >= 11 is 0. The quantitative estimate of drug-likeness (QED) is 0.607. The Labute approximate surface area is 88.7 Å². The van der Waals surface area contributed by atoms with Crippen LogP contribution in [0.1, 0.15) is 29.3 Å². The van der Waals surface area contributed by atoms with Gasteiger partial charge in [-0.15, -0.1) is 0 Å². The summed E-state index contributed by atoms with van der Waals surface area (Å²) in [6.07, 6.45) is 0.322. The van der Waals surface area contributed by atoms with E-state index in [1.54, 1.807) is 19.1 Å². The van der Waals surface area contributed by atoms with Crippen LogP contribution in [-0.4, -0.2) is 16.9 Å². The number of carbonyl (C=O) groups excluding carboxylic acids is 1. The fourth-order valence-corrected chi connectivity index (χ4v) is 1.51. The Morgan fingerprint density at radius 1 is 1.33 bits per heavy atom. The summed E-state index contributed by atoms with van der Waals surface area (Å²) in [5.74, 6) is -2.28. The van der Waals surface area contributed by atoms with E-state index in [4.69, 9.17) is 5.11 Å². The summed E-state index contributed by atoms with van der Waals surface area (Å²) in [5.41, 5.74) is 1.33. The number of carbonyl (C=O) groups is 2. The summed E-state index contributed by atoms with van der Waals surface area (Å²) in [6.45, 7) is 3.51. The number of hydrogen-bond donors (Lipinski definition) is 1. The van der Waals surface area contributed by atoms with Crippen molar-refractivity contribution in [3.63, 3.8) is 0 Å². The van der Waals surface area contributed by atoms with Crippen molar-refractivity contribution < 1.29 is 14.7 Å². The van der Waals surface area contributed by atoms with Gasteiger partial charge in [0, 0.05) is 5.56 Å². The van der Waals surface area contributed by atoms with Crippen LogP contribution in [0.15, 0.2) is 24.3 Å². The molecule has 0 radical (unpaired) electrons. The van der Waals surface area contributed by atoms with E-state index in [-0.39, 0.29) is 5.78 Å². The molecule has 0 saturated heterocycles. The van der Waals surface area contributed by atoms with Crippen LogP contribution in [0.3, 0.4) is 0 Å². The largest absolute Gasteiger partial charge is 0.481 e. The first-order valence-corrected chi connectivity index (χ1v) is 4.90. The van der Waals surface area contributed by atoms with Crippen LogP contribution >= 0.6 is 0 Å². The molecule has 3 nitrogen and oxygen atoms in total. The molecule has 80 valence electrons. The second-order valence-corrected chi connectivity index (χ2v) is 3.48. The van der Waals surface area contributed by atoms with Gasteiger partial charge in [0.25, 0.3) is 0 Å². The zero-order chi connectivity index (χ0) is 11.4. The van der Waals surface area contributed by atoms with E-state index < -0.39 is 11.9 Å². The van der Waals surface area contributed by atoms with Crippen molar-refractivity contribution in [3.8, 4) is 0 Å². The van der Waals surface area contributed by atoms with Crippen molar-refractivity contribution in [1.29, 1.82) is 0 Å². The van der Waals surface area contributed by atoms with Gasteiger partial charge in [0.1, 0.15) is 5.92 Å². The average molecular weight is 206 g/mol. The fraction of sp³-hybridized carbons (Fsp3) is 0.333. The van der Waals surface area contributed by atoms with Crippen LogP contribution in [0, 0.1) is 12.8 Å². The third-order valence-electron chi connectivity index (χ3n) is 2.43. The topological polar surface area (TPSA) is 54.4 Å². The standard InChI is InChI=1S/C12H14O3/c1-3-9(12(14)15)11(13)10-7-5-4-6-8(10)2/h4-7,9H,3H2,1-2H3,(H,14,15). The molecule has 0 fully saturated rings. The zero-order valence-corrected chi connectivity index (χ0v) is 8.86. The number of carboxylic acid groups (broad SMARTS) is 1. The molecule has 0 saturated carbocycles. The molecule has 1 aromatic rings. The molecule has 0 amide bonds. The molecule has 0 bridgehead atoms. The normalized spacial score (nSPS) is 12.1. The first-order valence-electron chi connectivity index (χ1n) is 4.90. The Morgan fingerprint density at radius 3 is 2.40 bits per heavy atom. The van der Waals surface area contributed by atoms with Crippen molar-refractivity contribution in [2.45, 2.75) is 20.3 Å². The van der Waals surface area contributed by atoms with Crippen LogP contribution in [0.5, 0.6) is 0 Å². The number of benzene rings is 1. The molecule has 15 heavy (non-hydrogen) atoms. The highest BCUT2D eigenvalue weighted by molar-refractivity contribution is 6.08. The number of ketones is 1. The molecule has 3 heteroatoms. The van der Waals surface area contributed by atoms with Gasteiger partial charge in [-0.25, -0.2) is 0 Å². The Kier molecular flexibility index (Phi) is 3.61. The smallest absolute Gasteiger partial charge is 0.314 e. The molecule has 0 heterocycles. The Morgan fingerprint density at radius 2 is 1.93 bits per heavy atom. The molecule has 1 unspecified atom stereocenters. The summed E-state index contributed by atoms with van der Waals surface area (Å²) in [7, 11) is 0. The highest BCUT2D eigenvalue weighted by atomic mass is 16.4. The highest BCUT2D eigenvalue weighted by Gasteiger charge is 2.25. The van der Waals surface area contributed by atoms with E-state index in [0.29, 0.717) is 12.0 Å². The van der Waals surface area contributed by atoms with Crippen LogP contribution in [0.4, 0.5) is 0 Å². The Bertz CT molecular complexity index is 382. The van der Waals surface area contributed by atoms with E-state index in [1.807, 2.05) is 19.1 Å². The maximum absolute atomic E-state index is 11.9. The zero-order valence-electron chi connectivity index (χ0n) is 8.86. The maximum Gasteiger partial charge on any atom is 0.314 e. The lowest BCUT2D eigenvalue weighted by Crippen LogP contribution is -2.23. The van der Waals surface area contributed by atoms with E-state index in [0.717, 1.165) is 5.56 Å². The molecule has 0 aliphatic carbocycles. The van der Waals surface area contributed by atoms with Gasteiger partial charge in [-0.05, 0) is 18.9 Å². The molecular weight excluding hydrogens is 192 g/mol. The van der Waals surface area contributed by atoms with Gasteiger partial charge >= 0.3 is 5.97 Å². The maximum atomic E-state index is 11.9. The minimum Gasteiger partial charge on any atom is -0.481 e. The van der Waals surface area contributed by atoms with Crippen molar-refractivity contribution in [2.24, 2.45) is 5.92 Å². The number of Topliss-reactive ketones (excluding diaryl/α,β-unsaturated/α-hetero) is 1. The Hall–Kier alpha value is -1.64. The van der Waals surface area contributed by atoms with Crippen LogP contribution in [0.25, 0.3) is 0 Å². The molecule has 0 aromatic heterocycles. The fourth-order valence-electron chi connectivity index (χ4n) is 1.51. The van der Waals surface area contributed by atoms with E-state index >= 15 is 0 Å². The van der Waals surface area contributed by atoms with Gasteiger partial charge in [-0.1, -0.05) is 31.2 Å². The van der Waals surface area contributed by atoms with Gasteiger partial charge in [0.05, 0.1) is 0 Å². The summed E-state index contributed by atoms with van der Waals surface area (Å²) in [4.78, 5) is 22.7. The van der Waals surface area contributed by atoms with E-state index in [1.165, 1.54) is 0 Å². The van der Waals surface area contributed by atoms with Gasteiger partial charge in [-0.2, -0.15) is 0 Å². The average Bonchev–Trinajstić information content (AvgIpc) is 2.18. The number of aryl methyl sites for hydroxylation is 1. The molecule has 1 atom stereocenters. The minimum absolute atomic E-state index is 0.303. The molecule has 0 spiro atoms. The summed E-state index contributed by atoms with van der Waals surface area (Å²) in [5, 5.41) is 8.88. The second-order valence-electron chi connectivity index (χ2n) is 3.48. The Balaban J connectivity index is 3.03. The lowest BCUT2D eigenvalue weighted by molar-refractivity contribution is -0.140. The number of rotatable bonds is 4. The number of aliphatic carboxylic acids is 1. The van der Waals surface area contributed by atoms with Gasteiger partial charge < -0.3 is 5.11 Å². The molecule has 1 aromatic carbocycles. The van der Waals surface area contributed by atoms with Crippen molar-refractivity contribution in [2.75, 3.05) is 0 Å². The van der Waals surface area contributed by atoms with Crippen LogP contribution in [0.2, 0.25) is 0 Å². The first-order chi connectivity index (χ1) is 7.07. The molecule has 0 aliphatic heterocycles. The minimum atomic E-state index is -1.05. The first kappa shape index (κ1) is 11.4. The number of carboxylic acids is 1.